The van der Waals surface area contributed by atoms with E-state index >= 15 is 0 Å². The molecule has 2 N–H and O–H groups in total. The molecule has 0 aliphatic heterocycles. The fourth-order valence-corrected chi connectivity index (χ4v) is 3.34. The summed E-state index contributed by atoms with van der Waals surface area (Å²) in [4.78, 5) is 8.95. The molecule has 0 saturated heterocycles. The van der Waals surface area contributed by atoms with E-state index < -0.39 is 0 Å². The topological polar surface area (TPSA) is 51.8 Å². The van der Waals surface area contributed by atoms with E-state index in [4.69, 9.17) is 5.73 Å². The molecule has 2 bridgehead atoms. The lowest BCUT2D eigenvalue weighted by Gasteiger charge is -2.20. The molecule has 0 radical (unpaired) electrons. The number of anilines is 1. The molecule has 15 heavy (non-hydrogen) atoms. The summed E-state index contributed by atoms with van der Waals surface area (Å²) in [5.41, 5.74) is 6.77. The molecule has 2 fully saturated rings. The maximum Gasteiger partial charge on any atom is 0.134 e. The number of fused-ring (bicyclic) bond motifs is 2. The monoisotopic (exact) mass is 203 g/mol. The van der Waals surface area contributed by atoms with E-state index in [0.29, 0.717) is 11.7 Å². The van der Waals surface area contributed by atoms with Gasteiger partial charge < -0.3 is 5.73 Å². The van der Waals surface area contributed by atoms with Crippen molar-refractivity contribution >= 4 is 5.82 Å². The smallest absolute Gasteiger partial charge is 0.134 e. The lowest BCUT2D eigenvalue weighted by Crippen LogP contribution is -2.13. The minimum Gasteiger partial charge on any atom is -0.384 e. The molecule has 0 spiro atoms. The maximum atomic E-state index is 5.77. The molecular weight excluding hydrogens is 186 g/mol. The molecule has 2 aliphatic carbocycles. The van der Waals surface area contributed by atoms with Gasteiger partial charge in [0.1, 0.15) is 11.6 Å². The molecule has 1 aromatic rings. The fourth-order valence-electron chi connectivity index (χ4n) is 3.34. The number of hydrogen-bond acceptors (Lipinski definition) is 3. The predicted molar refractivity (Wildman–Crippen MR) is 59.4 cm³/mol. The average molecular weight is 203 g/mol. The van der Waals surface area contributed by atoms with Crippen molar-refractivity contribution in [3.8, 4) is 0 Å². The Labute approximate surface area is 90.1 Å². The van der Waals surface area contributed by atoms with E-state index in [9.17, 15) is 0 Å². The van der Waals surface area contributed by atoms with Gasteiger partial charge >= 0.3 is 0 Å². The number of nitrogen functional groups attached to an aromatic ring is 1. The van der Waals surface area contributed by atoms with Gasteiger partial charge in [0.2, 0.25) is 0 Å². The number of aromatic nitrogens is 2. The molecule has 0 amide bonds. The third-order valence-electron chi connectivity index (χ3n) is 3.96. The molecule has 2 saturated carbocycles. The van der Waals surface area contributed by atoms with Gasteiger partial charge in [0.05, 0.1) is 0 Å². The van der Waals surface area contributed by atoms with Gasteiger partial charge in [0, 0.05) is 17.7 Å². The fraction of sp³-hybridized carbons (Fsp3) is 0.667. The predicted octanol–water partition coefficient (Wildman–Crippen LogP) is 2.27. The van der Waals surface area contributed by atoms with Gasteiger partial charge in [0.15, 0.2) is 0 Å². The van der Waals surface area contributed by atoms with Crippen molar-refractivity contribution in [3.63, 3.8) is 0 Å². The summed E-state index contributed by atoms with van der Waals surface area (Å²) in [5.74, 6) is 3.98. The summed E-state index contributed by atoms with van der Waals surface area (Å²) in [6, 6.07) is 1.84. The van der Waals surface area contributed by atoms with Crippen molar-refractivity contribution in [1.82, 2.24) is 9.97 Å². The molecule has 3 heteroatoms. The number of rotatable bonds is 1. The number of nitrogens with zero attached hydrogens (tertiary/aromatic N) is 2. The normalized spacial score (nSPS) is 33.5. The van der Waals surface area contributed by atoms with Crippen molar-refractivity contribution in [2.75, 3.05) is 5.73 Å². The van der Waals surface area contributed by atoms with E-state index in [1.807, 2.05) is 13.0 Å². The minimum atomic E-state index is 0.589. The Bertz CT molecular complexity index is 368. The molecular formula is C12H17N3. The van der Waals surface area contributed by atoms with Gasteiger partial charge in [0.25, 0.3) is 0 Å². The van der Waals surface area contributed by atoms with E-state index in [0.717, 1.165) is 23.4 Å². The lowest BCUT2D eigenvalue weighted by molar-refractivity contribution is 0.405. The van der Waals surface area contributed by atoms with Crippen LogP contribution in [0.2, 0.25) is 0 Å². The van der Waals surface area contributed by atoms with E-state index in [2.05, 4.69) is 9.97 Å². The van der Waals surface area contributed by atoms with E-state index in [1.165, 1.54) is 25.7 Å². The second-order valence-electron chi connectivity index (χ2n) is 5.07. The molecule has 3 rings (SSSR count). The Hall–Kier alpha value is -1.12. The first-order valence-electron chi connectivity index (χ1n) is 5.83. The minimum absolute atomic E-state index is 0.589. The maximum absolute atomic E-state index is 5.77. The third kappa shape index (κ3) is 1.50. The van der Waals surface area contributed by atoms with Crippen LogP contribution < -0.4 is 5.73 Å². The van der Waals surface area contributed by atoms with Crippen LogP contribution in [0.3, 0.4) is 0 Å². The van der Waals surface area contributed by atoms with Crippen LogP contribution in [0.15, 0.2) is 6.07 Å². The Morgan fingerprint density at radius 1 is 1.27 bits per heavy atom. The zero-order valence-corrected chi connectivity index (χ0v) is 9.11. The Kier molecular flexibility index (Phi) is 1.94. The van der Waals surface area contributed by atoms with Crippen LogP contribution in [0.4, 0.5) is 5.82 Å². The largest absolute Gasteiger partial charge is 0.384 e. The lowest BCUT2D eigenvalue weighted by atomic mass is 9.88. The van der Waals surface area contributed by atoms with Gasteiger partial charge in [-0.1, -0.05) is 6.42 Å². The van der Waals surface area contributed by atoms with Crippen LogP contribution in [-0.4, -0.2) is 9.97 Å². The van der Waals surface area contributed by atoms with Crippen molar-refractivity contribution in [2.45, 2.75) is 38.5 Å². The number of hydrogen-bond donors (Lipinski definition) is 1. The van der Waals surface area contributed by atoms with Gasteiger partial charge in [-0.15, -0.1) is 0 Å². The van der Waals surface area contributed by atoms with E-state index in [1.54, 1.807) is 0 Å². The zero-order chi connectivity index (χ0) is 10.4. The SMILES string of the molecule is Cc1cc(N)nc(C2CC3CCC2C3)n1. The summed E-state index contributed by atoms with van der Waals surface area (Å²) in [5, 5.41) is 0. The van der Waals surface area contributed by atoms with Crippen LogP contribution in [0.25, 0.3) is 0 Å². The number of aryl methyl sites for hydroxylation is 1. The van der Waals surface area contributed by atoms with Crippen LogP contribution >= 0.6 is 0 Å². The zero-order valence-electron chi connectivity index (χ0n) is 9.11. The summed E-state index contributed by atoms with van der Waals surface area (Å²) in [7, 11) is 0. The first-order chi connectivity index (χ1) is 7.22. The molecule has 1 heterocycles. The second-order valence-corrected chi connectivity index (χ2v) is 5.07. The highest BCUT2D eigenvalue weighted by Gasteiger charge is 2.41. The van der Waals surface area contributed by atoms with Gasteiger partial charge in [-0.05, 0) is 38.0 Å². The first-order valence-corrected chi connectivity index (χ1v) is 5.83. The third-order valence-corrected chi connectivity index (χ3v) is 3.96. The molecule has 1 aromatic heterocycles. The van der Waals surface area contributed by atoms with Gasteiger partial charge in [-0.2, -0.15) is 0 Å². The summed E-state index contributed by atoms with van der Waals surface area (Å²) in [6.07, 6.45) is 5.46. The molecule has 0 aromatic carbocycles. The van der Waals surface area contributed by atoms with Crippen LogP contribution in [-0.2, 0) is 0 Å². The molecule has 3 atom stereocenters. The summed E-state index contributed by atoms with van der Waals surface area (Å²) < 4.78 is 0. The molecule has 80 valence electrons. The molecule has 3 unspecified atom stereocenters. The highest BCUT2D eigenvalue weighted by molar-refractivity contribution is 5.30. The standard InChI is InChI=1S/C12H17N3/c1-7-4-11(13)15-12(14-7)10-6-8-2-3-9(10)5-8/h4,8-10H,2-3,5-6H2,1H3,(H2,13,14,15). The Morgan fingerprint density at radius 2 is 2.13 bits per heavy atom. The highest BCUT2D eigenvalue weighted by atomic mass is 15.0. The number of nitrogens with two attached hydrogens (primary N) is 1. The molecule has 3 nitrogen and oxygen atoms in total. The van der Waals surface area contributed by atoms with Crippen molar-refractivity contribution < 1.29 is 0 Å². The van der Waals surface area contributed by atoms with Crippen molar-refractivity contribution in [2.24, 2.45) is 11.8 Å². The summed E-state index contributed by atoms with van der Waals surface area (Å²) >= 11 is 0. The summed E-state index contributed by atoms with van der Waals surface area (Å²) in [6.45, 7) is 1.99. The van der Waals surface area contributed by atoms with Crippen molar-refractivity contribution in [1.29, 1.82) is 0 Å². The van der Waals surface area contributed by atoms with Gasteiger partial charge in [-0.25, -0.2) is 9.97 Å². The Balaban J connectivity index is 1.93. The highest BCUT2D eigenvalue weighted by Crippen LogP contribution is 2.52. The quantitative estimate of drug-likeness (QED) is 0.761. The van der Waals surface area contributed by atoms with E-state index in [-0.39, 0.29) is 0 Å². The molecule has 2 aliphatic rings. The second kappa shape index (κ2) is 3.19. The van der Waals surface area contributed by atoms with Crippen LogP contribution in [0.1, 0.15) is 43.1 Å². The van der Waals surface area contributed by atoms with Crippen LogP contribution in [0.5, 0.6) is 0 Å². The van der Waals surface area contributed by atoms with Crippen LogP contribution in [0, 0.1) is 18.8 Å². The Morgan fingerprint density at radius 3 is 2.73 bits per heavy atom. The van der Waals surface area contributed by atoms with Crippen molar-refractivity contribution in [3.05, 3.63) is 17.6 Å². The van der Waals surface area contributed by atoms with Gasteiger partial charge in [-0.3, -0.25) is 0 Å². The first kappa shape index (κ1) is 9.13. The average Bonchev–Trinajstić information content (AvgIpc) is 2.76.